The van der Waals surface area contributed by atoms with E-state index in [1.165, 1.54) is 11.1 Å². The number of aliphatic hydroxyl groups excluding tert-OH is 1. The van der Waals surface area contributed by atoms with E-state index < -0.39 is 6.10 Å². The third kappa shape index (κ3) is 2.75. The van der Waals surface area contributed by atoms with Crippen LogP contribution in [0.1, 0.15) is 40.3 Å². The highest BCUT2D eigenvalue weighted by atomic mass is 16.3. The molecule has 3 aromatic carbocycles. The molecule has 2 N–H and O–H groups in total. The number of hydrogen-bond donors (Lipinski definition) is 2. The Labute approximate surface area is 142 Å². The van der Waals surface area contributed by atoms with E-state index in [-0.39, 0.29) is 12.0 Å². The molecule has 0 radical (unpaired) electrons. The lowest BCUT2D eigenvalue weighted by Gasteiger charge is -2.30. The second-order valence-corrected chi connectivity index (χ2v) is 6.35. The van der Waals surface area contributed by atoms with E-state index in [1.54, 1.807) is 0 Å². The van der Waals surface area contributed by atoms with Gasteiger partial charge in [0.25, 0.3) is 0 Å². The first kappa shape index (κ1) is 15.1. The molecule has 120 valence electrons. The average molecular weight is 315 g/mol. The van der Waals surface area contributed by atoms with Crippen LogP contribution in [0.2, 0.25) is 0 Å². The van der Waals surface area contributed by atoms with Gasteiger partial charge in [0, 0.05) is 18.5 Å². The normalized spacial score (nSPS) is 18.8. The zero-order chi connectivity index (χ0) is 16.4. The monoisotopic (exact) mass is 315 g/mol. The van der Waals surface area contributed by atoms with Gasteiger partial charge in [0.05, 0.1) is 6.10 Å². The van der Waals surface area contributed by atoms with Crippen LogP contribution in [0, 0.1) is 0 Å². The molecule has 0 amide bonds. The van der Waals surface area contributed by atoms with Crippen LogP contribution in [0.15, 0.2) is 84.9 Å². The quantitative estimate of drug-likeness (QED) is 0.750. The first-order valence-corrected chi connectivity index (χ1v) is 8.44. The smallest absolute Gasteiger partial charge is 0.0876 e. The highest BCUT2D eigenvalue weighted by Crippen LogP contribution is 2.43. The maximum absolute atomic E-state index is 11.2. The molecule has 2 nitrogen and oxygen atoms in total. The van der Waals surface area contributed by atoms with E-state index in [9.17, 15) is 5.11 Å². The van der Waals surface area contributed by atoms with Crippen molar-refractivity contribution in [2.75, 3.05) is 0 Å². The molecule has 0 aromatic heterocycles. The van der Waals surface area contributed by atoms with Crippen molar-refractivity contribution in [3.63, 3.8) is 0 Å². The topological polar surface area (TPSA) is 32.3 Å². The van der Waals surface area contributed by atoms with E-state index in [2.05, 4.69) is 41.7 Å². The first-order valence-electron chi connectivity index (χ1n) is 8.44. The summed E-state index contributed by atoms with van der Waals surface area (Å²) in [7, 11) is 0. The minimum Gasteiger partial charge on any atom is -0.388 e. The van der Waals surface area contributed by atoms with Gasteiger partial charge in [-0.2, -0.15) is 0 Å². The average Bonchev–Trinajstić information content (AvgIpc) is 3.07. The standard InChI is InChI=1S/C22H21NO/c24-22(17-11-5-2-6-12-17)20(16-9-3-1-4-10-16)21-19-14-8-7-13-18(19)15-23-21/h1-14,20-24H,15H2/t20-,21?,22-/m0/s1. The predicted octanol–water partition coefficient (Wildman–Crippen LogP) is 4.35. The van der Waals surface area contributed by atoms with Gasteiger partial charge in [0.15, 0.2) is 0 Å². The van der Waals surface area contributed by atoms with E-state index in [0.717, 1.165) is 17.7 Å². The largest absolute Gasteiger partial charge is 0.388 e. The second-order valence-electron chi connectivity index (χ2n) is 6.35. The van der Waals surface area contributed by atoms with Crippen LogP contribution in [0.25, 0.3) is 0 Å². The van der Waals surface area contributed by atoms with Crippen molar-refractivity contribution in [1.29, 1.82) is 0 Å². The van der Waals surface area contributed by atoms with Crippen molar-refractivity contribution < 1.29 is 5.11 Å². The minimum atomic E-state index is -0.558. The Bertz CT molecular complexity index is 800. The molecule has 4 rings (SSSR count). The third-order valence-electron chi connectivity index (χ3n) is 4.93. The SMILES string of the molecule is O[C@@H](c1ccccc1)[C@@H](c1ccccc1)C1NCc2ccccc21. The number of nitrogens with one attached hydrogen (secondary N) is 1. The van der Waals surface area contributed by atoms with Gasteiger partial charge in [0.1, 0.15) is 0 Å². The molecular formula is C22H21NO. The molecule has 0 bridgehead atoms. The summed E-state index contributed by atoms with van der Waals surface area (Å²) in [5.41, 5.74) is 4.73. The lowest BCUT2D eigenvalue weighted by Crippen LogP contribution is -2.25. The zero-order valence-electron chi connectivity index (χ0n) is 13.5. The van der Waals surface area contributed by atoms with Crippen LogP contribution in [-0.4, -0.2) is 5.11 Å². The Balaban J connectivity index is 1.78. The van der Waals surface area contributed by atoms with Crippen molar-refractivity contribution in [3.05, 3.63) is 107 Å². The van der Waals surface area contributed by atoms with Gasteiger partial charge in [-0.1, -0.05) is 84.9 Å². The molecule has 0 aliphatic carbocycles. The fraction of sp³-hybridized carbons (Fsp3) is 0.182. The van der Waals surface area contributed by atoms with Gasteiger partial charge < -0.3 is 10.4 Å². The molecule has 2 heteroatoms. The number of benzene rings is 3. The van der Waals surface area contributed by atoms with Crippen LogP contribution in [0.3, 0.4) is 0 Å². The number of rotatable bonds is 4. The summed E-state index contributed by atoms with van der Waals surface area (Å²) in [6.45, 7) is 0.853. The van der Waals surface area contributed by atoms with E-state index in [0.29, 0.717) is 0 Å². The number of hydrogen-bond acceptors (Lipinski definition) is 2. The molecule has 1 aliphatic heterocycles. The maximum Gasteiger partial charge on any atom is 0.0876 e. The van der Waals surface area contributed by atoms with E-state index >= 15 is 0 Å². The molecule has 0 saturated heterocycles. The second kappa shape index (κ2) is 6.60. The van der Waals surface area contributed by atoms with E-state index in [1.807, 2.05) is 48.5 Å². The van der Waals surface area contributed by atoms with Crippen molar-refractivity contribution >= 4 is 0 Å². The Morgan fingerprint density at radius 3 is 2.04 bits per heavy atom. The molecule has 1 aliphatic rings. The van der Waals surface area contributed by atoms with E-state index in [4.69, 9.17) is 0 Å². The van der Waals surface area contributed by atoms with Crippen LogP contribution in [0.5, 0.6) is 0 Å². The maximum atomic E-state index is 11.2. The summed E-state index contributed by atoms with van der Waals surface area (Å²) >= 11 is 0. The predicted molar refractivity (Wildman–Crippen MR) is 96.6 cm³/mol. The Morgan fingerprint density at radius 1 is 0.750 bits per heavy atom. The molecule has 24 heavy (non-hydrogen) atoms. The number of fused-ring (bicyclic) bond motifs is 1. The molecule has 3 atom stereocenters. The Morgan fingerprint density at radius 2 is 1.33 bits per heavy atom. The summed E-state index contributed by atoms with van der Waals surface area (Å²) in [6, 6.07) is 28.9. The highest BCUT2D eigenvalue weighted by molar-refractivity contribution is 5.39. The van der Waals surface area contributed by atoms with Crippen LogP contribution in [0.4, 0.5) is 0 Å². The first-order chi connectivity index (χ1) is 11.8. The molecule has 0 saturated carbocycles. The molecule has 3 aromatic rings. The van der Waals surface area contributed by atoms with Gasteiger partial charge in [-0.15, -0.1) is 0 Å². The third-order valence-corrected chi connectivity index (χ3v) is 4.93. The fourth-order valence-electron chi connectivity index (χ4n) is 3.74. The lowest BCUT2D eigenvalue weighted by atomic mass is 9.81. The Hall–Kier alpha value is -2.42. The van der Waals surface area contributed by atoms with Gasteiger partial charge in [-0.25, -0.2) is 0 Å². The summed E-state index contributed by atoms with van der Waals surface area (Å²) < 4.78 is 0. The van der Waals surface area contributed by atoms with Gasteiger partial charge in [-0.05, 0) is 22.3 Å². The molecule has 1 heterocycles. The van der Waals surface area contributed by atoms with Gasteiger partial charge >= 0.3 is 0 Å². The molecule has 0 spiro atoms. The van der Waals surface area contributed by atoms with Crippen molar-refractivity contribution in [2.45, 2.75) is 24.6 Å². The summed E-state index contributed by atoms with van der Waals surface area (Å²) in [5, 5.41) is 14.8. The zero-order valence-corrected chi connectivity index (χ0v) is 13.5. The van der Waals surface area contributed by atoms with Crippen LogP contribution < -0.4 is 5.32 Å². The minimum absolute atomic E-state index is 0.0303. The van der Waals surface area contributed by atoms with Crippen molar-refractivity contribution in [2.24, 2.45) is 0 Å². The van der Waals surface area contributed by atoms with Crippen molar-refractivity contribution in [3.8, 4) is 0 Å². The van der Waals surface area contributed by atoms with Gasteiger partial charge in [0.2, 0.25) is 0 Å². The molecule has 1 unspecified atom stereocenters. The van der Waals surface area contributed by atoms with Crippen molar-refractivity contribution in [1.82, 2.24) is 5.32 Å². The summed E-state index contributed by atoms with van der Waals surface area (Å²) in [4.78, 5) is 0. The fourth-order valence-corrected chi connectivity index (χ4v) is 3.74. The molecular weight excluding hydrogens is 294 g/mol. The number of aliphatic hydroxyl groups is 1. The molecule has 0 fully saturated rings. The Kier molecular flexibility index (Phi) is 4.16. The summed E-state index contributed by atoms with van der Waals surface area (Å²) in [5.74, 6) is -0.0303. The van der Waals surface area contributed by atoms with Crippen LogP contribution in [-0.2, 0) is 6.54 Å². The van der Waals surface area contributed by atoms with Crippen LogP contribution >= 0.6 is 0 Å². The lowest BCUT2D eigenvalue weighted by molar-refractivity contribution is 0.126. The van der Waals surface area contributed by atoms with Gasteiger partial charge in [-0.3, -0.25) is 0 Å². The highest BCUT2D eigenvalue weighted by Gasteiger charge is 2.35. The summed E-state index contributed by atoms with van der Waals surface area (Å²) in [6.07, 6.45) is -0.558.